The summed E-state index contributed by atoms with van der Waals surface area (Å²) < 4.78 is 107. The third-order valence-electron chi connectivity index (χ3n) is 16.4. The summed E-state index contributed by atoms with van der Waals surface area (Å²) >= 11 is 0. The van der Waals surface area contributed by atoms with Crippen molar-refractivity contribution in [3.05, 3.63) is 64.5 Å². The van der Waals surface area contributed by atoms with E-state index >= 15 is 0 Å². The summed E-state index contributed by atoms with van der Waals surface area (Å²) in [5.41, 5.74) is -7.95. The van der Waals surface area contributed by atoms with Crippen LogP contribution in [0.2, 0.25) is 36.3 Å². The minimum atomic E-state index is -4.80. The lowest BCUT2D eigenvalue weighted by atomic mass is 9.67. The number of carbonyl (C=O) groups excluding carboxylic acids is 4. The molecule has 0 N–H and O–H groups in total. The van der Waals surface area contributed by atoms with Crippen LogP contribution < -0.4 is 9.80 Å². The van der Waals surface area contributed by atoms with Gasteiger partial charge in [0.25, 0.3) is 0 Å². The molecule has 10 atom stereocenters. The highest BCUT2D eigenvalue weighted by Gasteiger charge is 2.78. The van der Waals surface area contributed by atoms with Gasteiger partial charge < -0.3 is 18.3 Å². The van der Waals surface area contributed by atoms with E-state index in [4.69, 9.17) is 30.2 Å². The number of rotatable bonds is 6. The lowest BCUT2D eigenvalue weighted by molar-refractivity contribution is -0.138. The van der Waals surface area contributed by atoms with E-state index in [1.807, 2.05) is 0 Å². The Balaban J connectivity index is 0.000000201. The minimum Gasteiger partial charge on any atom is -0.411 e. The summed E-state index contributed by atoms with van der Waals surface area (Å²) in [6.45, 7) is 35.2. The van der Waals surface area contributed by atoms with Gasteiger partial charge in [-0.1, -0.05) is 47.6 Å². The summed E-state index contributed by atoms with van der Waals surface area (Å²) in [5, 5.41) is 8.92. The molecule has 6 aliphatic rings. The van der Waals surface area contributed by atoms with Crippen LogP contribution in [-0.4, -0.2) is 74.9 Å². The van der Waals surface area contributed by atoms with Crippen LogP contribution in [0.1, 0.15) is 98.8 Å². The summed E-state index contributed by atoms with van der Waals surface area (Å²) in [6, 6.07) is 7.34. The average molecular weight is 989 g/mol. The molecular weight excluding hydrogens is 931 g/mol. The van der Waals surface area contributed by atoms with Crippen molar-refractivity contribution < 1.29 is 63.8 Å². The van der Waals surface area contributed by atoms with E-state index in [0.29, 0.717) is 25.0 Å². The third kappa shape index (κ3) is 7.67. The lowest BCUT2D eigenvalue weighted by Gasteiger charge is -2.44. The van der Waals surface area contributed by atoms with Crippen molar-refractivity contribution in [3.63, 3.8) is 0 Å². The van der Waals surface area contributed by atoms with Crippen molar-refractivity contribution in [1.82, 2.24) is 0 Å². The van der Waals surface area contributed by atoms with E-state index in [1.165, 1.54) is 18.2 Å². The number of hydrogen-bond donors (Lipinski definition) is 0. The maximum absolute atomic E-state index is 13.6. The number of halogens is 6. The Morgan fingerprint density at radius 1 is 0.647 bits per heavy atom. The maximum atomic E-state index is 13.6. The van der Waals surface area contributed by atoms with Crippen molar-refractivity contribution in [2.24, 2.45) is 23.7 Å². The number of benzene rings is 2. The van der Waals surface area contributed by atoms with Crippen molar-refractivity contribution >= 4 is 57.3 Å². The molecule has 4 amide bonds. The first kappa shape index (κ1) is 51.4. The van der Waals surface area contributed by atoms with Crippen molar-refractivity contribution in [1.29, 1.82) is 5.26 Å². The molecule has 6 saturated heterocycles. The first-order valence-corrected chi connectivity index (χ1v) is 28.3. The van der Waals surface area contributed by atoms with Crippen LogP contribution in [0.25, 0.3) is 4.85 Å². The SMILES string of the molecule is CC12C[C@H](O[Si](C)(C)C(C)(C)C)C(C)(O1)[C@H]1C(=O)N(c3ccc(C#N)c(C(F)(F)F)c3)C(=O)[C@H]12.[C-]#[N+]c1ccc(N2C(=O)[C@@H]3[C@H](C2=O)C2(C)C[C@@H](O[Si](C)(C)C(C)(C)C)C3(C)O2)cc1C(F)(F)F. The van der Waals surface area contributed by atoms with Crippen LogP contribution in [-0.2, 0) is 49.9 Å². The molecule has 68 heavy (non-hydrogen) atoms. The zero-order valence-corrected chi connectivity index (χ0v) is 42.7. The Morgan fingerprint density at radius 2 is 1.00 bits per heavy atom. The topological polar surface area (TPSA) is 140 Å². The number of ether oxygens (including phenoxy) is 2. The van der Waals surface area contributed by atoms with E-state index in [1.54, 1.807) is 27.7 Å². The van der Waals surface area contributed by atoms with Gasteiger partial charge in [-0.3, -0.25) is 19.2 Å². The van der Waals surface area contributed by atoms with Gasteiger partial charge in [0, 0.05) is 18.5 Å². The highest BCUT2D eigenvalue weighted by molar-refractivity contribution is 6.74. The second-order valence-electron chi connectivity index (χ2n) is 22.9. The molecule has 8 rings (SSSR count). The van der Waals surface area contributed by atoms with E-state index in [-0.39, 0.29) is 21.5 Å². The fourth-order valence-corrected chi connectivity index (χ4v) is 13.6. The second-order valence-corrected chi connectivity index (χ2v) is 32.4. The van der Waals surface area contributed by atoms with Crippen LogP contribution in [0.15, 0.2) is 36.4 Å². The van der Waals surface area contributed by atoms with E-state index < -0.39 is 133 Å². The Kier molecular flexibility index (Phi) is 11.7. The lowest BCUT2D eigenvalue weighted by Crippen LogP contribution is -2.55. The van der Waals surface area contributed by atoms with Gasteiger partial charge in [0.1, 0.15) is 11.2 Å². The van der Waals surface area contributed by atoms with Gasteiger partial charge in [0.15, 0.2) is 22.3 Å². The van der Waals surface area contributed by atoms with Gasteiger partial charge in [-0.15, -0.1) is 0 Å². The van der Waals surface area contributed by atoms with Crippen LogP contribution >= 0.6 is 0 Å². The van der Waals surface area contributed by atoms with Gasteiger partial charge in [0.05, 0.1) is 82.1 Å². The molecule has 0 aromatic heterocycles. The van der Waals surface area contributed by atoms with E-state index in [2.05, 4.69) is 72.6 Å². The highest BCUT2D eigenvalue weighted by Crippen LogP contribution is 2.64. The molecule has 4 bridgehead atoms. The predicted octanol–water partition coefficient (Wildman–Crippen LogP) is 10.7. The van der Waals surface area contributed by atoms with Crippen molar-refractivity contribution in [2.75, 3.05) is 9.80 Å². The van der Waals surface area contributed by atoms with Crippen molar-refractivity contribution in [2.45, 2.75) is 165 Å². The first-order valence-electron chi connectivity index (χ1n) is 22.5. The van der Waals surface area contributed by atoms with E-state index in [0.717, 1.165) is 21.9 Å². The minimum absolute atomic E-state index is 0.0777. The molecule has 2 aromatic rings. The Hall–Kier alpha value is -4.45. The summed E-state index contributed by atoms with van der Waals surface area (Å²) in [7, 11) is -4.47. The Labute approximate surface area is 394 Å². The predicted molar refractivity (Wildman–Crippen MR) is 242 cm³/mol. The summed E-state index contributed by atoms with van der Waals surface area (Å²) in [4.78, 5) is 58.7. The zero-order valence-electron chi connectivity index (χ0n) is 40.7. The summed E-state index contributed by atoms with van der Waals surface area (Å²) in [6.07, 6.45) is -9.57. The molecule has 2 aromatic carbocycles. The standard InChI is InChI=1S/2C24H29F3N2O4Si/c1-21(2,3)34(7,8)32-16-12-22(4)17-18(23(16,5)33-22)20(31)29(19(17)30)13-9-10-15(28-6)14(11-13)24(25,26)27;1-21(2,3)34(6,7)32-16-11-22(4)17-18(23(16,5)33-22)20(31)29(19(17)30)14-9-8-13(12-28)15(10-14)24(25,26)27/h9-11,16-18H,12H2,1-5,7-8H3;8-10,16-18H,11H2,1-7H3/t2*16-,17-,18+,22?,23?/m10/s1. The fraction of sp³-hybridized carbons (Fsp3) is 0.625. The smallest absolute Gasteiger partial charge is 0.411 e. The van der Waals surface area contributed by atoms with Crippen LogP contribution in [0, 0.1) is 41.6 Å². The molecule has 368 valence electrons. The molecule has 4 unspecified atom stereocenters. The van der Waals surface area contributed by atoms with Crippen LogP contribution in [0.5, 0.6) is 0 Å². The molecule has 20 heteroatoms. The van der Waals surface area contributed by atoms with Gasteiger partial charge in [-0.25, -0.2) is 14.6 Å². The molecule has 0 saturated carbocycles. The normalized spacial score (nSPS) is 33.4. The number of carbonyl (C=O) groups is 4. The monoisotopic (exact) mass is 988 g/mol. The number of nitrogens with zero attached hydrogens (tertiary/aromatic N) is 4. The number of fused-ring (bicyclic) bond motifs is 10. The Morgan fingerprint density at radius 3 is 1.34 bits per heavy atom. The van der Waals surface area contributed by atoms with Crippen molar-refractivity contribution in [3.8, 4) is 6.07 Å². The molecule has 6 heterocycles. The summed E-state index contributed by atoms with van der Waals surface area (Å²) in [5.74, 6) is -5.67. The first-order chi connectivity index (χ1) is 30.7. The molecular formula is C48H58F6N4O8Si2. The average Bonchev–Trinajstić information content (AvgIpc) is 3.93. The molecule has 6 fully saturated rings. The number of alkyl halides is 6. The number of nitriles is 1. The number of hydrogen-bond acceptors (Lipinski definition) is 9. The zero-order chi connectivity index (χ0) is 51.3. The highest BCUT2D eigenvalue weighted by atomic mass is 28.4. The van der Waals surface area contributed by atoms with Crippen LogP contribution in [0.4, 0.5) is 43.4 Å². The molecule has 12 nitrogen and oxygen atoms in total. The third-order valence-corrected chi connectivity index (χ3v) is 25.3. The number of anilines is 2. The quantitative estimate of drug-likeness (QED) is 0.120. The molecule has 6 aliphatic heterocycles. The largest absolute Gasteiger partial charge is 0.417 e. The number of imide groups is 2. The Bertz CT molecular complexity index is 2420. The van der Waals surface area contributed by atoms with Crippen LogP contribution in [0.3, 0.4) is 0 Å². The van der Waals surface area contributed by atoms with E-state index in [9.17, 15) is 45.5 Å². The van der Waals surface area contributed by atoms with Gasteiger partial charge in [-0.2, -0.15) is 31.6 Å². The number of amides is 4. The maximum Gasteiger partial charge on any atom is 0.417 e. The molecule has 0 aliphatic carbocycles. The van der Waals surface area contributed by atoms with Gasteiger partial charge in [-0.05, 0) is 94.3 Å². The molecule has 0 radical (unpaired) electrons. The van der Waals surface area contributed by atoms with Gasteiger partial charge in [0.2, 0.25) is 23.6 Å². The van der Waals surface area contributed by atoms with Gasteiger partial charge >= 0.3 is 12.4 Å². The molecule has 0 spiro atoms. The second kappa shape index (κ2) is 15.5. The fourth-order valence-electron chi connectivity index (χ4n) is 10.9.